The molecule has 3 aromatic carbocycles. The highest BCUT2D eigenvalue weighted by atomic mass is 35.5. The highest BCUT2D eigenvalue weighted by Crippen LogP contribution is 2.38. The number of aryl methyl sites for hydroxylation is 1. The summed E-state index contributed by atoms with van der Waals surface area (Å²) in [5, 5.41) is 4.40. The van der Waals surface area contributed by atoms with Gasteiger partial charge in [0.15, 0.2) is 5.43 Å². The van der Waals surface area contributed by atoms with E-state index in [9.17, 15) is 14.0 Å². The van der Waals surface area contributed by atoms with Gasteiger partial charge in [0.2, 0.25) is 12.0 Å². The van der Waals surface area contributed by atoms with Crippen LogP contribution in [0.2, 0.25) is 20.1 Å². The zero-order valence-electron chi connectivity index (χ0n) is 26.4. The molecule has 1 amide bonds. The van der Waals surface area contributed by atoms with Crippen LogP contribution in [0.3, 0.4) is 0 Å². The molecule has 7 nitrogen and oxygen atoms in total. The molecule has 0 saturated heterocycles. The van der Waals surface area contributed by atoms with Crippen LogP contribution < -0.4 is 25.9 Å². The Labute approximate surface area is 288 Å². The summed E-state index contributed by atoms with van der Waals surface area (Å²) in [6.45, 7) is 7.88. The van der Waals surface area contributed by atoms with Gasteiger partial charge >= 0.3 is 0 Å². The minimum Gasteiger partial charge on any atom is -0.461 e. The SMILES string of the molecule is CNC(=O)C(CO[Si](c1ccccc1)(c1ccccc1)C(C)(C)C)Oc1ncc(Cl)c2c1c(=O)cc(C)n2-c1c(Cl)cc(F)cc1Cl. The molecular formula is C35H33Cl3FN3O4Si. The van der Waals surface area contributed by atoms with Gasteiger partial charge in [-0.2, -0.15) is 0 Å². The van der Waals surface area contributed by atoms with Gasteiger partial charge in [0.1, 0.15) is 11.2 Å². The van der Waals surface area contributed by atoms with Crippen molar-refractivity contribution in [3.63, 3.8) is 0 Å². The van der Waals surface area contributed by atoms with Crippen LogP contribution in [0.5, 0.6) is 5.88 Å². The van der Waals surface area contributed by atoms with Crippen molar-refractivity contribution in [2.75, 3.05) is 13.7 Å². The van der Waals surface area contributed by atoms with Crippen molar-refractivity contribution in [1.29, 1.82) is 0 Å². The van der Waals surface area contributed by atoms with Crippen molar-refractivity contribution in [3.05, 3.63) is 122 Å². The zero-order valence-corrected chi connectivity index (χ0v) is 29.7. The average Bonchev–Trinajstić information content (AvgIpc) is 3.02. The molecule has 0 bridgehead atoms. The van der Waals surface area contributed by atoms with Crippen molar-refractivity contribution >= 4 is 70.3 Å². The summed E-state index contributed by atoms with van der Waals surface area (Å²) < 4.78 is 28.9. The molecule has 1 N–H and O–H groups in total. The molecule has 244 valence electrons. The molecule has 1 atom stereocenters. The maximum Gasteiger partial charge on any atom is 0.263 e. The summed E-state index contributed by atoms with van der Waals surface area (Å²) >= 11 is 19.6. The van der Waals surface area contributed by atoms with Crippen LogP contribution in [0.4, 0.5) is 4.39 Å². The first-order valence-electron chi connectivity index (χ1n) is 14.8. The first kappa shape index (κ1) is 34.6. The number of pyridine rings is 2. The number of benzene rings is 3. The van der Waals surface area contributed by atoms with Crippen molar-refractivity contribution in [2.45, 2.75) is 38.8 Å². The number of hydrogen-bond acceptors (Lipinski definition) is 5. The van der Waals surface area contributed by atoms with Crippen molar-refractivity contribution in [3.8, 4) is 11.6 Å². The monoisotopic (exact) mass is 711 g/mol. The van der Waals surface area contributed by atoms with Gasteiger partial charge in [-0.3, -0.25) is 9.59 Å². The molecule has 0 fully saturated rings. The Morgan fingerprint density at radius 3 is 2.02 bits per heavy atom. The number of likely N-dealkylation sites (N-methyl/N-ethyl adjacent to an activating group) is 1. The lowest BCUT2D eigenvalue weighted by Crippen LogP contribution is -2.67. The van der Waals surface area contributed by atoms with E-state index in [0.29, 0.717) is 5.69 Å². The van der Waals surface area contributed by atoms with Crippen LogP contribution in [0, 0.1) is 12.7 Å². The number of hydrogen-bond donors (Lipinski definition) is 1. The normalized spacial score (nSPS) is 12.6. The number of ether oxygens (including phenoxy) is 1. The predicted molar refractivity (Wildman–Crippen MR) is 189 cm³/mol. The Bertz CT molecular complexity index is 1940. The lowest BCUT2D eigenvalue weighted by Gasteiger charge is -2.43. The lowest BCUT2D eigenvalue weighted by molar-refractivity contribution is -0.128. The van der Waals surface area contributed by atoms with Gasteiger partial charge in [-0.05, 0) is 34.5 Å². The largest absolute Gasteiger partial charge is 0.461 e. The highest BCUT2D eigenvalue weighted by Gasteiger charge is 2.50. The number of carbonyl (C=O) groups is 1. The molecule has 0 saturated carbocycles. The molecule has 0 spiro atoms. The fourth-order valence-electron chi connectivity index (χ4n) is 5.95. The third-order valence-electron chi connectivity index (χ3n) is 8.00. The number of amides is 1. The predicted octanol–water partition coefficient (Wildman–Crippen LogP) is 6.86. The van der Waals surface area contributed by atoms with Crippen molar-refractivity contribution in [1.82, 2.24) is 14.9 Å². The fraction of sp³-hybridized carbons (Fsp3) is 0.229. The van der Waals surface area contributed by atoms with Crippen molar-refractivity contribution in [2.24, 2.45) is 0 Å². The van der Waals surface area contributed by atoms with Gasteiger partial charge in [0.25, 0.3) is 14.2 Å². The smallest absolute Gasteiger partial charge is 0.263 e. The molecule has 5 aromatic rings. The Hall–Kier alpha value is -3.73. The van der Waals surface area contributed by atoms with Gasteiger partial charge < -0.3 is 19.0 Å². The van der Waals surface area contributed by atoms with Crippen LogP contribution in [0.15, 0.2) is 89.9 Å². The Balaban J connectivity index is 1.65. The second-order valence-corrected chi connectivity index (χ2v) is 17.6. The van der Waals surface area contributed by atoms with Crippen LogP contribution in [-0.4, -0.2) is 43.5 Å². The third kappa shape index (κ3) is 6.55. The molecule has 2 aromatic heterocycles. The van der Waals surface area contributed by atoms with Gasteiger partial charge in [0.05, 0.1) is 39.1 Å². The Kier molecular flexibility index (Phi) is 10.1. The van der Waals surface area contributed by atoms with Gasteiger partial charge in [-0.15, -0.1) is 0 Å². The van der Waals surface area contributed by atoms with E-state index < -0.39 is 31.6 Å². The van der Waals surface area contributed by atoms with E-state index in [-0.39, 0.29) is 49.2 Å². The maximum atomic E-state index is 14.1. The minimum absolute atomic E-state index is 0.000311. The number of halogens is 4. The molecule has 0 aliphatic heterocycles. The topological polar surface area (TPSA) is 82.5 Å². The van der Waals surface area contributed by atoms with E-state index in [4.69, 9.17) is 44.0 Å². The second-order valence-electron chi connectivity index (χ2n) is 12.0. The second kappa shape index (κ2) is 13.8. The number of fused-ring (bicyclic) bond motifs is 1. The molecule has 2 heterocycles. The van der Waals surface area contributed by atoms with E-state index in [1.165, 1.54) is 19.3 Å². The fourth-order valence-corrected chi connectivity index (χ4v) is 11.4. The lowest BCUT2D eigenvalue weighted by atomic mass is 10.2. The number of rotatable bonds is 9. The molecule has 47 heavy (non-hydrogen) atoms. The van der Waals surface area contributed by atoms with E-state index in [1.54, 1.807) is 11.5 Å². The van der Waals surface area contributed by atoms with Gasteiger partial charge in [-0.1, -0.05) is 116 Å². The van der Waals surface area contributed by atoms with E-state index >= 15 is 0 Å². The number of nitrogens with zero attached hydrogens (tertiary/aromatic N) is 2. The molecule has 12 heteroatoms. The molecular weight excluding hydrogens is 680 g/mol. The molecule has 0 radical (unpaired) electrons. The summed E-state index contributed by atoms with van der Waals surface area (Å²) in [7, 11) is -1.58. The Morgan fingerprint density at radius 1 is 0.957 bits per heavy atom. The van der Waals surface area contributed by atoms with Crippen LogP contribution in [0.1, 0.15) is 26.5 Å². The van der Waals surface area contributed by atoms with Crippen molar-refractivity contribution < 1.29 is 18.3 Å². The molecule has 5 rings (SSSR count). The van der Waals surface area contributed by atoms with Crippen LogP contribution in [0.25, 0.3) is 16.6 Å². The highest BCUT2D eigenvalue weighted by molar-refractivity contribution is 6.99. The first-order chi connectivity index (χ1) is 22.3. The van der Waals surface area contributed by atoms with E-state index in [2.05, 4.69) is 31.1 Å². The quantitative estimate of drug-likeness (QED) is 0.169. The van der Waals surface area contributed by atoms with Crippen LogP contribution in [-0.2, 0) is 9.22 Å². The number of carbonyl (C=O) groups excluding carboxylic acids is 1. The first-order valence-corrected chi connectivity index (χ1v) is 17.8. The molecule has 1 unspecified atom stereocenters. The van der Waals surface area contributed by atoms with E-state index in [1.807, 2.05) is 60.7 Å². The summed E-state index contributed by atoms with van der Waals surface area (Å²) in [6, 6.07) is 23.5. The summed E-state index contributed by atoms with van der Waals surface area (Å²) in [6.07, 6.45) is 0.0924. The summed E-state index contributed by atoms with van der Waals surface area (Å²) in [5.74, 6) is -1.25. The maximum absolute atomic E-state index is 14.1. The minimum atomic E-state index is -3.07. The van der Waals surface area contributed by atoms with Gasteiger partial charge in [0, 0.05) is 18.8 Å². The number of nitrogens with one attached hydrogen (secondary N) is 1. The molecule has 0 aliphatic rings. The third-order valence-corrected chi connectivity index (χ3v) is 13.9. The number of aromatic nitrogens is 2. The zero-order chi connectivity index (χ0) is 34.1. The average molecular weight is 713 g/mol. The standard InChI is InChI=1S/C35H33Cl3FN3O4Si/c1-21-16-28(43)30-32(42(21)31-25(36)17-22(39)18-26(31)37)27(38)19-41-34(30)46-29(33(44)40-5)20-45-47(35(2,3)4,23-12-8-6-9-13-23)24-14-10-7-11-15-24/h6-19,29H,20H2,1-5H3,(H,40,44). The Morgan fingerprint density at radius 2 is 1.51 bits per heavy atom. The summed E-state index contributed by atoms with van der Waals surface area (Å²) in [5.41, 5.74) is 0.362. The van der Waals surface area contributed by atoms with E-state index in [0.717, 1.165) is 22.5 Å². The summed E-state index contributed by atoms with van der Waals surface area (Å²) in [4.78, 5) is 31.3. The molecule has 0 aliphatic carbocycles. The van der Waals surface area contributed by atoms with Gasteiger partial charge in [-0.25, -0.2) is 9.37 Å². The van der Waals surface area contributed by atoms with Crippen LogP contribution >= 0.6 is 34.8 Å².